The second-order valence-corrected chi connectivity index (χ2v) is 6.70. The summed E-state index contributed by atoms with van der Waals surface area (Å²) in [6, 6.07) is 18.6. The van der Waals surface area contributed by atoms with Gasteiger partial charge in [-0.15, -0.1) is 0 Å². The Morgan fingerprint density at radius 2 is 1.72 bits per heavy atom. The average molecular weight is 387 g/mol. The van der Waals surface area contributed by atoms with Gasteiger partial charge in [-0.3, -0.25) is 4.79 Å². The number of allylic oxidation sites excluding steroid dienone is 3. The summed E-state index contributed by atoms with van der Waals surface area (Å²) < 4.78 is 0. The molecule has 0 saturated heterocycles. The van der Waals surface area contributed by atoms with Crippen LogP contribution in [0.3, 0.4) is 0 Å². The van der Waals surface area contributed by atoms with Gasteiger partial charge in [-0.25, -0.2) is 0 Å². The maximum Gasteiger partial charge on any atom is 0.514 e. The largest absolute Gasteiger partial charge is 0.514 e. The second kappa shape index (κ2) is 7.97. The minimum Gasteiger partial charge on any atom is -0.390 e. The van der Waals surface area contributed by atoms with Gasteiger partial charge in [0, 0.05) is 11.1 Å². The molecule has 29 heavy (non-hydrogen) atoms. The molecule has 0 radical (unpaired) electrons. The number of carbonyl (C=O) groups excluding carboxylic acids is 1. The van der Waals surface area contributed by atoms with Gasteiger partial charge >= 0.3 is 5.95 Å². The van der Waals surface area contributed by atoms with Gasteiger partial charge in [-0.1, -0.05) is 77.6 Å². The second-order valence-electron chi connectivity index (χ2n) is 6.70. The molecule has 144 valence electrons. The Balaban J connectivity index is 1.70. The predicted octanol–water partition coefficient (Wildman–Crippen LogP) is 3.52. The standard InChI is InChI=1S/C21H17N5O3/c27-19-14-16(12-11-15-7-3-1-4-8-15)13-18(17-9-5-2-6-10-17)20(19)25-23-21(22-24-25)26(28)29/h1-12,14,18,20H,13H2/t18-,20-/m0/s1. The van der Waals surface area contributed by atoms with Gasteiger partial charge in [0.2, 0.25) is 0 Å². The number of rotatable bonds is 5. The predicted molar refractivity (Wildman–Crippen MR) is 106 cm³/mol. The first-order chi connectivity index (χ1) is 14.1. The van der Waals surface area contributed by atoms with Crippen LogP contribution < -0.4 is 0 Å². The Labute approximate surface area is 166 Å². The minimum absolute atomic E-state index is 0.217. The molecule has 1 aliphatic carbocycles. The summed E-state index contributed by atoms with van der Waals surface area (Å²) in [7, 11) is 0. The Morgan fingerprint density at radius 3 is 2.38 bits per heavy atom. The fraction of sp³-hybridized carbons (Fsp3) is 0.143. The van der Waals surface area contributed by atoms with Gasteiger partial charge in [-0.05, 0) is 34.1 Å². The molecule has 1 aromatic heterocycles. The van der Waals surface area contributed by atoms with E-state index in [2.05, 4.69) is 15.4 Å². The number of aromatic nitrogens is 4. The molecule has 8 heteroatoms. The lowest BCUT2D eigenvalue weighted by atomic mass is 9.79. The summed E-state index contributed by atoms with van der Waals surface area (Å²) >= 11 is 0. The minimum atomic E-state index is -0.785. The van der Waals surface area contributed by atoms with E-state index < -0.39 is 16.9 Å². The molecule has 1 heterocycles. The number of nitrogens with zero attached hydrogens (tertiary/aromatic N) is 5. The molecule has 0 spiro atoms. The highest BCUT2D eigenvalue weighted by molar-refractivity contribution is 5.96. The summed E-state index contributed by atoms with van der Waals surface area (Å²) in [5, 5.41) is 21.9. The first kappa shape index (κ1) is 18.4. The van der Waals surface area contributed by atoms with Crippen molar-refractivity contribution in [2.45, 2.75) is 18.4 Å². The highest BCUT2D eigenvalue weighted by Crippen LogP contribution is 2.39. The monoisotopic (exact) mass is 387 g/mol. The van der Waals surface area contributed by atoms with E-state index in [1.165, 1.54) is 0 Å². The summed E-state index contributed by atoms with van der Waals surface area (Å²) in [5.74, 6) is -1.11. The van der Waals surface area contributed by atoms with Crippen LogP contribution in [0.4, 0.5) is 5.95 Å². The van der Waals surface area contributed by atoms with Gasteiger partial charge < -0.3 is 10.1 Å². The van der Waals surface area contributed by atoms with Crippen molar-refractivity contribution >= 4 is 17.8 Å². The Bertz CT molecular complexity index is 1090. The fourth-order valence-corrected chi connectivity index (χ4v) is 3.46. The van der Waals surface area contributed by atoms with Crippen LogP contribution in [0.1, 0.15) is 29.5 Å². The Hall–Kier alpha value is -3.94. The Kier molecular flexibility index (Phi) is 5.07. The number of ketones is 1. The van der Waals surface area contributed by atoms with E-state index in [1.54, 1.807) is 6.08 Å². The van der Waals surface area contributed by atoms with Crippen LogP contribution >= 0.6 is 0 Å². The highest BCUT2D eigenvalue weighted by Gasteiger charge is 2.38. The third kappa shape index (κ3) is 4.01. The van der Waals surface area contributed by atoms with Gasteiger partial charge in [-0.2, -0.15) is 0 Å². The molecule has 1 aliphatic rings. The van der Waals surface area contributed by atoms with Crippen molar-refractivity contribution in [2.75, 3.05) is 0 Å². The molecule has 3 aromatic rings. The molecule has 0 aliphatic heterocycles. The van der Waals surface area contributed by atoms with E-state index in [-0.39, 0.29) is 11.7 Å². The van der Waals surface area contributed by atoms with Crippen molar-refractivity contribution in [3.8, 4) is 0 Å². The van der Waals surface area contributed by atoms with Gasteiger partial charge in [0.1, 0.15) is 0 Å². The lowest BCUT2D eigenvalue weighted by molar-refractivity contribution is -0.394. The van der Waals surface area contributed by atoms with Crippen molar-refractivity contribution in [1.29, 1.82) is 0 Å². The molecule has 0 bridgehead atoms. The van der Waals surface area contributed by atoms with Crippen molar-refractivity contribution in [2.24, 2.45) is 0 Å². The average Bonchev–Trinajstić information content (AvgIpc) is 3.23. The smallest absolute Gasteiger partial charge is 0.390 e. The van der Waals surface area contributed by atoms with E-state index in [9.17, 15) is 14.9 Å². The van der Waals surface area contributed by atoms with Gasteiger partial charge in [0.05, 0.1) is 10.2 Å². The molecule has 8 nitrogen and oxygen atoms in total. The Morgan fingerprint density at radius 1 is 1.03 bits per heavy atom. The van der Waals surface area contributed by atoms with Crippen molar-refractivity contribution < 1.29 is 9.72 Å². The van der Waals surface area contributed by atoms with Crippen LogP contribution in [0, 0.1) is 10.1 Å². The number of carbonyl (C=O) groups is 1. The maximum absolute atomic E-state index is 13.0. The SMILES string of the molecule is O=C1C=C(C=Cc2ccccc2)C[C@@H](c2ccccc2)[C@@H]1n1nnc([N+](=O)[O-])n1. The van der Waals surface area contributed by atoms with Gasteiger partial charge in [0.25, 0.3) is 0 Å². The number of tetrazole rings is 1. The molecule has 0 unspecified atom stereocenters. The number of hydrogen-bond acceptors (Lipinski definition) is 6. The zero-order chi connectivity index (χ0) is 20.2. The molecule has 4 rings (SSSR count). The number of nitro groups is 1. The summed E-state index contributed by atoms with van der Waals surface area (Å²) in [4.78, 5) is 24.2. The summed E-state index contributed by atoms with van der Waals surface area (Å²) in [5.41, 5.74) is 2.84. The first-order valence-corrected chi connectivity index (χ1v) is 9.08. The number of benzene rings is 2. The van der Waals surface area contributed by atoms with E-state index in [4.69, 9.17) is 0 Å². The van der Waals surface area contributed by atoms with Crippen LogP contribution in [-0.4, -0.2) is 30.9 Å². The van der Waals surface area contributed by atoms with Crippen LogP contribution in [0.2, 0.25) is 0 Å². The lowest BCUT2D eigenvalue weighted by Crippen LogP contribution is -2.30. The third-order valence-corrected chi connectivity index (χ3v) is 4.80. The van der Waals surface area contributed by atoms with Crippen LogP contribution in [0.5, 0.6) is 0 Å². The van der Waals surface area contributed by atoms with Crippen molar-refractivity contribution in [3.63, 3.8) is 0 Å². The molecule has 0 amide bonds. The molecule has 2 atom stereocenters. The van der Waals surface area contributed by atoms with E-state index in [0.717, 1.165) is 21.5 Å². The first-order valence-electron chi connectivity index (χ1n) is 9.08. The molecule has 0 N–H and O–H groups in total. The fourth-order valence-electron chi connectivity index (χ4n) is 3.46. The van der Waals surface area contributed by atoms with Crippen LogP contribution in [0.15, 0.2) is 78.4 Å². The topological polar surface area (TPSA) is 104 Å². The number of hydrogen-bond donors (Lipinski definition) is 0. The zero-order valence-corrected chi connectivity index (χ0v) is 15.3. The van der Waals surface area contributed by atoms with E-state index in [0.29, 0.717) is 6.42 Å². The van der Waals surface area contributed by atoms with E-state index >= 15 is 0 Å². The molecule has 2 aromatic carbocycles. The molecule has 0 saturated carbocycles. The van der Waals surface area contributed by atoms with E-state index in [1.807, 2.05) is 72.8 Å². The molecule has 0 fully saturated rings. The summed E-state index contributed by atoms with van der Waals surface area (Å²) in [6.07, 6.45) is 6.01. The summed E-state index contributed by atoms with van der Waals surface area (Å²) in [6.45, 7) is 0. The quantitative estimate of drug-likeness (QED) is 0.490. The highest BCUT2D eigenvalue weighted by atomic mass is 16.6. The lowest BCUT2D eigenvalue weighted by Gasteiger charge is -2.27. The van der Waals surface area contributed by atoms with Gasteiger partial charge in [0.15, 0.2) is 11.8 Å². The maximum atomic E-state index is 13.0. The molecular formula is C21H17N5O3. The normalized spacial score (nSPS) is 19.3. The zero-order valence-electron chi connectivity index (χ0n) is 15.3. The van der Waals surface area contributed by atoms with Crippen LogP contribution in [-0.2, 0) is 4.79 Å². The third-order valence-electron chi connectivity index (χ3n) is 4.80. The van der Waals surface area contributed by atoms with Crippen molar-refractivity contribution in [1.82, 2.24) is 20.2 Å². The van der Waals surface area contributed by atoms with Crippen LogP contribution in [0.25, 0.3) is 6.08 Å². The van der Waals surface area contributed by atoms with Crippen molar-refractivity contribution in [3.05, 3.63) is 99.6 Å². The molecular weight excluding hydrogens is 370 g/mol.